The standard InChI is InChI=1S/C14H20N6O/c21-11(7-6-10-4-2-1-3-5-10)19-20-14-12-13(16-8-15-12)17-9-18-14/h8-10H,1-7H2,(H,19,21)(H2,15,16,17,18,20). The number of carbonyl (C=O) groups is 1. The minimum atomic E-state index is -0.00755. The molecule has 0 spiro atoms. The zero-order valence-corrected chi connectivity index (χ0v) is 11.9. The summed E-state index contributed by atoms with van der Waals surface area (Å²) in [7, 11) is 0. The first-order valence-corrected chi connectivity index (χ1v) is 7.52. The molecule has 2 aromatic rings. The molecule has 1 aliphatic carbocycles. The normalized spacial score (nSPS) is 16.0. The van der Waals surface area contributed by atoms with Crippen molar-refractivity contribution in [2.24, 2.45) is 5.92 Å². The van der Waals surface area contributed by atoms with Crippen molar-refractivity contribution in [3.8, 4) is 0 Å². The van der Waals surface area contributed by atoms with Gasteiger partial charge in [0.2, 0.25) is 5.91 Å². The molecular formula is C14H20N6O. The third-order valence-corrected chi connectivity index (χ3v) is 4.05. The van der Waals surface area contributed by atoms with Crippen LogP contribution in [0.15, 0.2) is 12.7 Å². The Morgan fingerprint density at radius 3 is 2.95 bits per heavy atom. The van der Waals surface area contributed by atoms with Gasteiger partial charge in [0.1, 0.15) is 11.8 Å². The number of nitrogens with zero attached hydrogens (tertiary/aromatic N) is 3. The molecule has 0 bridgehead atoms. The van der Waals surface area contributed by atoms with Crippen molar-refractivity contribution in [1.82, 2.24) is 25.4 Å². The van der Waals surface area contributed by atoms with E-state index < -0.39 is 0 Å². The summed E-state index contributed by atoms with van der Waals surface area (Å²) in [4.78, 5) is 27.0. The van der Waals surface area contributed by atoms with E-state index >= 15 is 0 Å². The van der Waals surface area contributed by atoms with Gasteiger partial charge in [0.05, 0.1) is 6.33 Å². The van der Waals surface area contributed by atoms with Crippen LogP contribution in [0.2, 0.25) is 0 Å². The molecule has 1 saturated carbocycles. The molecule has 2 aromatic heterocycles. The fraction of sp³-hybridized carbons (Fsp3) is 0.571. The molecule has 0 radical (unpaired) electrons. The van der Waals surface area contributed by atoms with E-state index in [-0.39, 0.29) is 5.91 Å². The topological polar surface area (TPSA) is 95.6 Å². The van der Waals surface area contributed by atoms with Gasteiger partial charge < -0.3 is 4.98 Å². The van der Waals surface area contributed by atoms with Crippen molar-refractivity contribution < 1.29 is 4.79 Å². The Kier molecular flexibility index (Phi) is 4.28. The Bertz CT molecular complexity index is 604. The van der Waals surface area contributed by atoms with Gasteiger partial charge in [-0.1, -0.05) is 32.1 Å². The van der Waals surface area contributed by atoms with Gasteiger partial charge in [-0.15, -0.1) is 0 Å². The minimum Gasteiger partial charge on any atom is -0.340 e. The molecule has 1 fully saturated rings. The number of hydrogen-bond acceptors (Lipinski definition) is 5. The molecule has 3 N–H and O–H groups in total. The third kappa shape index (κ3) is 3.48. The number of hydrogen-bond donors (Lipinski definition) is 3. The van der Waals surface area contributed by atoms with E-state index in [2.05, 4.69) is 30.8 Å². The van der Waals surface area contributed by atoms with Crippen LogP contribution in [0.4, 0.5) is 5.82 Å². The van der Waals surface area contributed by atoms with Crippen LogP contribution in [0.3, 0.4) is 0 Å². The van der Waals surface area contributed by atoms with Gasteiger partial charge >= 0.3 is 0 Å². The van der Waals surface area contributed by atoms with Crippen molar-refractivity contribution >= 4 is 22.9 Å². The van der Waals surface area contributed by atoms with Crippen LogP contribution in [0.25, 0.3) is 11.2 Å². The van der Waals surface area contributed by atoms with Crippen LogP contribution in [0.1, 0.15) is 44.9 Å². The summed E-state index contributed by atoms with van der Waals surface area (Å²) in [5.41, 5.74) is 6.79. The molecule has 0 aromatic carbocycles. The van der Waals surface area contributed by atoms with Gasteiger partial charge in [-0.3, -0.25) is 15.6 Å². The van der Waals surface area contributed by atoms with Gasteiger partial charge in [0, 0.05) is 6.42 Å². The minimum absolute atomic E-state index is 0.00755. The molecule has 0 atom stereocenters. The summed E-state index contributed by atoms with van der Waals surface area (Å²) in [6.07, 6.45) is 11.0. The van der Waals surface area contributed by atoms with E-state index in [0.29, 0.717) is 29.3 Å². The molecule has 3 rings (SSSR count). The van der Waals surface area contributed by atoms with Crippen LogP contribution in [-0.4, -0.2) is 25.8 Å². The second-order valence-electron chi connectivity index (χ2n) is 5.54. The van der Waals surface area contributed by atoms with Crippen LogP contribution < -0.4 is 10.9 Å². The summed E-state index contributed by atoms with van der Waals surface area (Å²) in [6, 6.07) is 0. The number of aromatic amines is 1. The first-order valence-electron chi connectivity index (χ1n) is 7.52. The molecule has 7 heteroatoms. The summed E-state index contributed by atoms with van der Waals surface area (Å²) < 4.78 is 0. The van der Waals surface area contributed by atoms with Crippen LogP contribution >= 0.6 is 0 Å². The lowest BCUT2D eigenvalue weighted by Gasteiger charge is -2.21. The number of amides is 1. The third-order valence-electron chi connectivity index (χ3n) is 4.05. The molecule has 0 aliphatic heterocycles. The summed E-state index contributed by atoms with van der Waals surface area (Å²) in [6.45, 7) is 0. The second kappa shape index (κ2) is 6.51. The zero-order chi connectivity index (χ0) is 14.5. The van der Waals surface area contributed by atoms with E-state index in [1.54, 1.807) is 6.33 Å². The number of hydrazine groups is 1. The first kappa shape index (κ1) is 13.8. The Labute approximate surface area is 122 Å². The predicted octanol–water partition coefficient (Wildman–Crippen LogP) is 2.16. The van der Waals surface area contributed by atoms with E-state index in [1.807, 2.05) is 0 Å². The Morgan fingerprint density at radius 2 is 2.10 bits per heavy atom. The lowest BCUT2D eigenvalue weighted by Crippen LogP contribution is -2.30. The van der Waals surface area contributed by atoms with Crippen LogP contribution in [0, 0.1) is 5.92 Å². The van der Waals surface area contributed by atoms with Gasteiger partial charge in [0.15, 0.2) is 11.5 Å². The smallest absolute Gasteiger partial charge is 0.238 e. The maximum Gasteiger partial charge on any atom is 0.238 e. The van der Waals surface area contributed by atoms with Gasteiger partial charge in [-0.25, -0.2) is 15.0 Å². The second-order valence-corrected chi connectivity index (χ2v) is 5.54. The Morgan fingerprint density at radius 1 is 1.24 bits per heavy atom. The molecule has 0 saturated heterocycles. The van der Waals surface area contributed by atoms with E-state index in [1.165, 1.54) is 38.4 Å². The number of aromatic nitrogens is 4. The molecule has 0 unspecified atom stereocenters. The van der Waals surface area contributed by atoms with E-state index in [4.69, 9.17) is 0 Å². The average molecular weight is 288 g/mol. The number of imidazole rings is 1. The quantitative estimate of drug-likeness (QED) is 0.733. The fourth-order valence-electron chi connectivity index (χ4n) is 2.86. The SMILES string of the molecule is O=C(CCC1CCCCC1)NNc1ncnc2nc[nH]c12. The predicted molar refractivity (Wildman–Crippen MR) is 79.3 cm³/mol. The van der Waals surface area contributed by atoms with E-state index in [0.717, 1.165) is 6.42 Å². The lowest BCUT2D eigenvalue weighted by molar-refractivity contribution is -0.120. The van der Waals surface area contributed by atoms with Crippen LogP contribution in [0.5, 0.6) is 0 Å². The first-order chi connectivity index (χ1) is 10.3. The molecule has 112 valence electrons. The number of rotatable bonds is 5. The van der Waals surface area contributed by atoms with Crippen molar-refractivity contribution in [3.05, 3.63) is 12.7 Å². The Hall–Kier alpha value is -2.18. The van der Waals surface area contributed by atoms with Gasteiger partial charge in [-0.05, 0) is 12.3 Å². The number of carbonyl (C=O) groups excluding carboxylic acids is 1. The zero-order valence-electron chi connectivity index (χ0n) is 11.9. The summed E-state index contributed by atoms with van der Waals surface area (Å²) in [5.74, 6) is 1.23. The average Bonchev–Trinajstić information content (AvgIpc) is 3.01. The number of anilines is 1. The fourth-order valence-corrected chi connectivity index (χ4v) is 2.86. The molecule has 1 aliphatic rings. The molecular weight excluding hydrogens is 268 g/mol. The Balaban J connectivity index is 1.48. The van der Waals surface area contributed by atoms with E-state index in [9.17, 15) is 4.79 Å². The number of H-pyrrole nitrogens is 1. The number of nitrogens with one attached hydrogen (secondary N) is 3. The summed E-state index contributed by atoms with van der Waals surface area (Å²) >= 11 is 0. The maximum absolute atomic E-state index is 11.9. The van der Waals surface area contributed by atoms with Crippen LogP contribution in [-0.2, 0) is 4.79 Å². The lowest BCUT2D eigenvalue weighted by atomic mass is 9.86. The summed E-state index contributed by atoms with van der Waals surface area (Å²) in [5, 5.41) is 0. The highest BCUT2D eigenvalue weighted by atomic mass is 16.2. The van der Waals surface area contributed by atoms with Crippen molar-refractivity contribution in [1.29, 1.82) is 0 Å². The molecule has 2 heterocycles. The van der Waals surface area contributed by atoms with Gasteiger partial charge in [-0.2, -0.15) is 0 Å². The maximum atomic E-state index is 11.9. The monoisotopic (exact) mass is 288 g/mol. The largest absolute Gasteiger partial charge is 0.340 e. The highest BCUT2D eigenvalue weighted by Crippen LogP contribution is 2.27. The van der Waals surface area contributed by atoms with Crippen molar-refractivity contribution in [3.63, 3.8) is 0 Å². The highest BCUT2D eigenvalue weighted by Gasteiger charge is 2.15. The van der Waals surface area contributed by atoms with Crippen molar-refractivity contribution in [2.45, 2.75) is 44.9 Å². The molecule has 7 nitrogen and oxygen atoms in total. The highest BCUT2D eigenvalue weighted by molar-refractivity contribution is 5.84. The molecule has 21 heavy (non-hydrogen) atoms. The number of fused-ring (bicyclic) bond motifs is 1. The van der Waals surface area contributed by atoms with Crippen molar-refractivity contribution in [2.75, 3.05) is 5.43 Å². The molecule has 1 amide bonds. The van der Waals surface area contributed by atoms with Gasteiger partial charge in [0.25, 0.3) is 0 Å².